The average molecular weight is 592 g/mol. The van der Waals surface area contributed by atoms with Crippen molar-refractivity contribution >= 4 is 50.6 Å². The third kappa shape index (κ3) is 8.26. The summed E-state index contributed by atoms with van der Waals surface area (Å²) in [6.45, 7) is 1.70. The predicted octanol–water partition coefficient (Wildman–Crippen LogP) is 5.60. The van der Waals surface area contributed by atoms with E-state index in [2.05, 4.69) is 36.0 Å². The van der Waals surface area contributed by atoms with Crippen LogP contribution in [0.1, 0.15) is 5.56 Å². The Kier molecular flexibility index (Phi) is 8.25. The van der Waals surface area contributed by atoms with Gasteiger partial charge < -0.3 is 26.0 Å². The van der Waals surface area contributed by atoms with Crippen LogP contribution >= 0.6 is 0 Å². The second-order valence-corrected chi connectivity index (χ2v) is 9.96. The quantitative estimate of drug-likeness (QED) is 0.166. The number of ether oxygens (including phenoxy) is 1. The molecule has 0 fully saturated rings. The number of carbonyl (C=O) groups is 1. The van der Waals surface area contributed by atoms with Crippen molar-refractivity contribution in [3.63, 3.8) is 0 Å². The monoisotopic (exact) mass is 591 g/mol. The number of anilines is 6. The Labute approximate surface area is 230 Å². The van der Waals surface area contributed by atoms with Gasteiger partial charge in [0.15, 0.2) is 11.6 Å². The molecule has 0 unspecified atom stereocenters. The van der Waals surface area contributed by atoms with Crippen molar-refractivity contribution in [2.45, 2.75) is 18.2 Å². The van der Waals surface area contributed by atoms with Crippen molar-refractivity contribution in [2.24, 2.45) is 5.14 Å². The standard InChI is InChI=1S/C25H21F4N7O4S/c1-14-11-17(34-24(37)33-15-5-8-18(9-6-15)40-25(27,28)29)7-10-21(14)35-22-20(26)13-31-23(36-22)32-16-3-2-4-19(12-16)41(30,38)39/h2-13H,1H3,(H2,30,38,39)(H2,33,34,37)(H2,31,32,35,36). The summed E-state index contributed by atoms with van der Waals surface area (Å²) in [5.74, 6) is -1.39. The molecule has 6 N–H and O–H groups in total. The molecule has 1 heterocycles. The van der Waals surface area contributed by atoms with Crippen molar-refractivity contribution in [2.75, 3.05) is 21.3 Å². The zero-order valence-corrected chi connectivity index (χ0v) is 21.8. The van der Waals surface area contributed by atoms with Crippen molar-refractivity contribution in [1.82, 2.24) is 9.97 Å². The number of primary sulfonamides is 1. The minimum Gasteiger partial charge on any atom is -0.406 e. The van der Waals surface area contributed by atoms with Crippen LogP contribution in [0.25, 0.3) is 0 Å². The first kappa shape index (κ1) is 29.0. The summed E-state index contributed by atoms with van der Waals surface area (Å²) in [4.78, 5) is 20.2. The maximum absolute atomic E-state index is 14.5. The molecule has 0 saturated heterocycles. The minimum atomic E-state index is -4.83. The number of aromatic nitrogens is 2. The van der Waals surface area contributed by atoms with E-state index in [1.807, 2.05) is 0 Å². The third-order valence-electron chi connectivity index (χ3n) is 5.25. The average Bonchev–Trinajstić information content (AvgIpc) is 2.87. The molecule has 0 saturated carbocycles. The van der Waals surface area contributed by atoms with Crippen LogP contribution in [0, 0.1) is 12.7 Å². The lowest BCUT2D eigenvalue weighted by atomic mass is 10.1. The van der Waals surface area contributed by atoms with Crippen LogP contribution in [0.3, 0.4) is 0 Å². The lowest BCUT2D eigenvalue weighted by molar-refractivity contribution is -0.274. The number of rotatable bonds is 8. The van der Waals surface area contributed by atoms with Crippen LogP contribution < -0.4 is 31.1 Å². The summed E-state index contributed by atoms with van der Waals surface area (Å²) < 4.78 is 78.3. The van der Waals surface area contributed by atoms with Crippen LogP contribution in [0.2, 0.25) is 0 Å². The number of hydrogen-bond acceptors (Lipinski definition) is 8. The van der Waals surface area contributed by atoms with Crippen molar-refractivity contribution in [1.29, 1.82) is 0 Å². The van der Waals surface area contributed by atoms with Crippen molar-refractivity contribution in [3.05, 3.63) is 84.3 Å². The molecule has 0 aliphatic heterocycles. The lowest BCUT2D eigenvalue weighted by Crippen LogP contribution is -2.20. The molecule has 4 rings (SSSR count). The lowest BCUT2D eigenvalue weighted by Gasteiger charge is -2.14. The Morgan fingerprint density at radius 1 is 0.927 bits per heavy atom. The molecular formula is C25H21F4N7O4S. The van der Waals surface area contributed by atoms with Gasteiger partial charge in [-0.25, -0.2) is 27.7 Å². The number of nitrogens with one attached hydrogen (secondary N) is 4. The molecule has 0 bridgehead atoms. The van der Waals surface area contributed by atoms with Crippen LogP contribution in [-0.4, -0.2) is 30.8 Å². The molecule has 3 aromatic carbocycles. The summed E-state index contributed by atoms with van der Waals surface area (Å²) in [5.41, 5.74) is 1.97. The second-order valence-electron chi connectivity index (χ2n) is 8.39. The molecule has 1 aromatic heterocycles. The predicted molar refractivity (Wildman–Crippen MR) is 143 cm³/mol. The van der Waals surface area contributed by atoms with E-state index in [-0.39, 0.29) is 22.3 Å². The SMILES string of the molecule is Cc1cc(NC(=O)Nc2ccc(OC(F)(F)F)cc2)ccc1Nc1nc(Nc2cccc(S(N)(=O)=O)c2)ncc1F. The molecule has 2 amide bonds. The summed E-state index contributed by atoms with van der Waals surface area (Å²) >= 11 is 0. The number of urea groups is 1. The number of alkyl halides is 3. The number of amides is 2. The summed E-state index contributed by atoms with van der Waals surface area (Å²) in [5, 5.41) is 15.8. The highest BCUT2D eigenvalue weighted by molar-refractivity contribution is 7.89. The molecule has 41 heavy (non-hydrogen) atoms. The van der Waals surface area contributed by atoms with Gasteiger partial charge in [0.2, 0.25) is 16.0 Å². The molecule has 0 aliphatic rings. The van der Waals surface area contributed by atoms with Crippen LogP contribution in [0.5, 0.6) is 5.75 Å². The fourth-order valence-corrected chi connectivity index (χ4v) is 4.00. The highest BCUT2D eigenvalue weighted by Crippen LogP contribution is 2.27. The number of nitrogens with two attached hydrogens (primary N) is 1. The number of benzene rings is 3. The topological polar surface area (TPSA) is 160 Å². The number of halogens is 4. The van der Waals surface area contributed by atoms with E-state index in [1.165, 1.54) is 36.4 Å². The fourth-order valence-electron chi connectivity index (χ4n) is 3.44. The van der Waals surface area contributed by atoms with Gasteiger partial charge in [0.1, 0.15) is 5.75 Å². The van der Waals surface area contributed by atoms with E-state index in [4.69, 9.17) is 5.14 Å². The first-order valence-corrected chi connectivity index (χ1v) is 13.0. The van der Waals surface area contributed by atoms with E-state index in [9.17, 15) is 30.8 Å². The number of hydrogen-bond donors (Lipinski definition) is 5. The van der Waals surface area contributed by atoms with Crippen molar-refractivity contribution in [3.8, 4) is 5.75 Å². The van der Waals surface area contributed by atoms with E-state index in [0.29, 0.717) is 22.6 Å². The molecule has 0 atom stereocenters. The van der Waals surface area contributed by atoms with Gasteiger partial charge in [-0.3, -0.25) is 0 Å². The van der Waals surface area contributed by atoms with Crippen LogP contribution in [-0.2, 0) is 10.0 Å². The molecule has 0 aliphatic carbocycles. The summed E-state index contributed by atoms with van der Waals surface area (Å²) in [6, 6.07) is 14.3. The minimum absolute atomic E-state index is 0.0221. The zero-order chi connectivity index (χ0) is 29.8. The Balaban J connectivity index is 1.40. The van der Waals surface area contributed by atoms with E-state index >= 15 is 0 Å². The van der Waals surface area contributed by atoms with Gasteiger partial charge in [0.05, 0.1) is 11.1 Å². The smallest absolute Gasteiger partial charge is 0.406 e. The Morgan fingerprint density at radius 2 is 1.61 bits per heavy atom. The van der Waals surface area contributed by atoms with E-state index in [1.54, 1.807) is 25.1 Å². The van der Waals surface area contributed by atoms with Gasteiger partial charge in [-0.1, -0.05) is 6.07 Å². The molecule has 0 spiro atoms. The molecule has 4 aromatic rings. The highest BCUT2D eigenvalue weighted by atomic mass is 32.2. The molecule has 11 nitrogen and oxygen atoms in total. The molecular weight excluding hydrogens is 570 g/mol. The van der Waals surface area contributed by atoms with E-state index < -0.39 is 34.0 Å². The van der Waals surface area contributed by atoms with Crippen molar-refractivity contribution < 1.29 is 35.5 Å². The third-order valence-corrected chi connectivity index (χ3v) is 6.16. The number of sulfonamides is 1. The van der Waals surface area contributed by atoms with Gasteiger partial charge in [-0.05, 0) is 73.2 Å². The fraction of sp³-hybridized carbons (Fsp3) is 0.0800. The molecule has 16 heteroatoms. The summed E-state index contributed by atoms with van der Waals surface area (Å²) in [7, 11) is -3.93. The largest absolute Gasteiger partial charge is 0.573 e. The maximum Gasteiger partial charge on any atom is 0.573 e. The van der Waals surface area contributed by atoms with Gasteiger partial charge in [0.25, 0.3) is 0 Å². The Bertz CT molecular complexity index is 1680. The normalized spacial score (nSPS) is 11.5. The zero-order valence-electron chi connectivity index (χ0n) is 21.0. The number of nitrogens with zero attached hydrogens (tertiary/aromatic N) is 2. The van der Waals surface area contributed by atoms with Crippen LogP contribution in [0.4, 0.5) is 56.9 Å². The number of aryl methyl sites for hydroxylation is 1. The first-order valence-electron chi connectivity index (χ1n) is 11.5. The van der Waals surface area contributed by atoms with Gasteiger partial charge in [0, 0.05) is 22.7 Å². The molecule has 0 radical (unpaired) electrons. The maximum atomic E-state index is 14.5. The van der Waals surface area contributed by atoms with E-state index in [0.717, 1.165) is 18.3 Å². The first-order chi connectivity index (χ1) is 19.2. The Hall–Kier alpha value is -4.96. The summed E-state index contributed by atoms with van der Waals surface area (Å²) in [6.07, 6.45) is -3.90. The van der Waals surface area contributed by atoms with Gasteiger partial charge in [-0.15, -0.1) is 13.2 Å². The van der Waals surface area contributed by atoms with Gasteiger partial charge >= 0.3 is 12.4 Å². The second kappa shape index (κ2) is 11.6. The molecule has 214 valence electrons. The Morgan fingerprint density at radius 3 is 2.27 bits per heavy atom. The number of carbonyl (C=O) groups excluding carboxylic acids is 1. The highest BCUT2D eigenvalue weighted by Gasteiger charge is 2.31. The van der Waals surface area contributed by atoms with Crippen LogP contribution in [0.15, 0.2) is 77.8 Å². The van der Waals surface area contributed by atoms with Gasteiger partial charge in [-0.2, -0.15) is 4.98 Å².